The molecule has 0 bridgehead atoms. The Bertz CT molecular complexity index is 333. The first-order valence-corrected chi connectivity index (χ1v) is 5.18. The summed E-state index contributed by atoms with van der Waals surface area (Å²) in [7, 11) is 0. The molecule has 1 aliphatic carbocycles. The van der Waals surface area contributed by atoms with Gasteiger partial charge in [0.1, 0.15) is 5.82 Å². The Hall–Kier alpha value is -0.890. The average molecular weight is 193 g/mol. The van der Waals surface area contributed by atoms with E-state index in [9.17, 15) is 4.39 Å². The molecule has 0 aliphatic heterocycles. The quantitative estimate of drug-likeness (QED) is 0.767. The van der Waals surface area contributed by atoms with E-state index >= 15 is 0 Å². The lowest BCUT2D eigenvalue weighted by Crippen LogP contribution is -2.31. The van der Waals surface area contributed by atoms with Crippen LogP contribution in [-0.4, -0.2) is 6.54 Å². The van der Waals surface area contributed by atoms with Crippen molar-refractivity contribution in [3.8, 4) is 0 Å². The highest BCUT2D eigenvalue weighted by Crippen LogP contribution is 2.42. The van der Waals surface area contributed by atoms with Crippen LogP contribution in [0.15, 0.2) is 18.2 Å². The number of nitrogens with two attached hydrogens (primary N) is 1. The van der Waals surface area contributed by atoms with Gasteiger partial charge < -0.3 is 5.73 Å². The maximum absolute atomic E-state index is 12.9. The minimum absolute atomic E-state index is 0.144. The third kappa shape index (κ3) is 1.55. The number of benzene rings is 1. The predicted octanol–water partition coefficient (Wildman–Crippen LogP) is 2.59. The summed E-state index contributed by atoms with van der Waals surface area (Å²) in [4.78, 5) is 0. The van der Waals surface area contributed by atoms with Crippen LogP contribution in [0.2, 0.25) is 0 Å². The van der Waals surface area contributed by atoms with E-state index in [0.717, 1.165) is 12.1 Å². The van der Waals surface area contributed by atoms with Crippen molar-refractivity contribution in [2.75, 3.05) is 6.54 Å². The van der Waals surface area contributed by atoms with Crippen molar-refractivity contribution < 1.29 is 4.39 Å². The number of hydrogen-bond acceptors (Lipinski definition) is 1. The van der Waals surface area contributed by atoms with Crippen LogP contribution in [-0.2, 0) is 0 Å². The number of rotatable bonds is 2. The zero-order valence-corrected chi connectivity index (χ0v) is 8.46. The molecule has 2 unspecified atom stereocenters. The molecular weight excluding hydrogens is 177 g/mol. The van der Waals surface area contributed by atoms with Crippen LogP contribution in [0.1, 0.15) is 29.9 Å². The topological polar surface area (TPSA) is 26.0 Å². The fourth-order valence-electron chi connectivity index (χ4n) is 2.32. The van der Waals surface area contributed by atoms with Crippen LogP contribution in [0.25, 0.3) is 0 Å². The van der Waals surface area contributed by atoms with Gasteiger partial charge in [-0.3, -0.25) is 0 Å². The van der Waals surface area contributed by atoms with E-state index < -0.39 is 0 Å². The van der Waals surface area contributed by atoms with E-state index in [4.69, 9.17) is 5.73 Å². The van der Waals surface area contributed by atoms with Gasteiger partial charge in [-0.1, -0.05) is 6.07 Å². The van der Waals surface area contributed by atoms with Gasteiger partial charge in [0.15, 0.2) is 0 Å². The summed E-state index contributed by atoms with van der Waals surface area (Å²) in [6.45, 7) is 2.73. The molecule has 2 N–H and O–H groups in total. The first-order valence-electron chi connectivity index (χ1n) is 5.18. The summed E-state index contributed by atoms with van der Waals surface area (Å²) >= 11 is 0. The molecule has 1 aliphatic rings. The van der Waals surface area contributed by atoms with Crippen molar-refractivity contribution >= 4 is 0 Å². The lowest BCUT2D eigenvalue weighted by Gasteiger charge is -2.37. The molecule has 0 radical (unpaired) electrons. The largest absolute Gasteiger partial charge is 0.330 e. The summed E-state index contributed by atoms with van der Waals surface area (Å²) in [5.74, 6) is 1.04. The maximum atomic E-state index is 12.9. The average Bonchev–Trinajstić information content (AvgIpc) is 2.08. The van der Waals surface area contributed by atoms with E-state index in [2.05, 4.69) is 0 Å². The number of halogens is 1. The lowest BCUT2D eigenvalue weighted by atomic mass is 9.69. The first-order chi connectivity index (χ1) is 6.72. The molecule has 1 aromatic carbocycles. The molecule has 2 heteroatoms. The predicted molar refractivity (Wildman–Crippen MR) is 55.7 cm³/mol. The summed E-state index contributed by atoms with van der Waals surface area (Å²) in [5.41, 5.74) is 8.02. The normalized spacial score (nSPS) is 25.9. The molecule has 2 rings (SSSR count). The first kappa shape index (κ1) is 9.66. The third-order valence-corrected chi connectivity index (χ3v) is 3.35. The molecule has 1 nitrogen and oxygen atoms in total. The van der Waals surface area contributed by atoms with Gasteiger partial charge >= 0.3 is 0 Å². The molecule has 1 fully saturated rings. The van der Waals surface area contributed by atoms with Crippen LogP contribution in [0.3, 0.4) is 0 Å². The van der Waals surface area contributed by atoms with Crippen molar-refractivity contribution in [2.45, 2.75) is 25.7 Å². The van der Waals surface area contributed by atoms with E-state index in [1.807, 2.05) is 13.0 Å². The van der Waals surface area contributed by atoms with Gasteiger partial charge in [0.05, 0.1) is 0 Å². The molecule has 2 atom stereocenters. The van der Waals surface area contributed by atoms with Crippen LogP contribution >= 0.6 is 0 Å². The van der Waals surface area contributed by atoms with Crippen molar-refractivity contribution in [1.82, 2.24) is 0 Å². The fourth-order valence-corrected chi connectivity index (χ4v) is 2.32. The minimum atomic E-state index is -0.144. The van der Waals surface area contributed by atoms with E-state index in [0.29, 0.717) is 11.8 Å². The Labute approximate surface area is 84.1 Å². The van der Waals surface area contributed by atoms with Gasteiger partial charge in [-0.15, -0.1) is 0 Å². The Morgan fingerprint density at radius 1 is 1.43 bits per heavy atom. The molecular formula is C12H16FN. The van der Waals surface area contributed by atoms with Crippen LogP contribution < -0.4 is 5.73 Å². The lowest BCUT2D eigenvalue weighted by molar-refractivity contribution is 0.262. The highest BCUT2D eigenvalue weighted by molar-refractivity contribution is 5.32. The minimum Gasteiger partial charge on any atom is -0.330 e. The summed E-state index contributed by atoms with van der Waals surface area (Å²) in [5, 5.41) is 0. The Morgan fingerprint density at radius 2 is 2.21 bits per heavy atom. The van der Waals surface area contributed by atoms with E-state index in [1.54, 1.807) is 12.1 Å². The third-order valence-electron chi connectivity index (χ3n) is 3.35. The number of aryl methyl sites for hydroxylation is 1. The van der Waals surface area contributed by atoms with Gasteiger partial charge in [-0.25, -0.2) is 4.39 Å². The summed E-state index contributed by atoms with van der Waals surface area (Å²) < 4.78 is 12.9. The van der Waals surface area contributed by atoms with E-state index in [1.165, 1.54) is 18.4 Å². The molecule has 0 heterocycles. The van der Waals surface area contributed by atoms with Gasteiger partial charge in [0.25, 0.3) is 0 Å². The summed E-state index contributed by atoms with van der Waals surface area (Å²) in [6, 6.07) is 5.08. The van der Waals surface area contributed by atoms with Gasteiger partial charge in [0, 0.05) is 0 Å². The highest BCUT2D eigenvalue weighted by atomic mass is 19.1. The van der Waals surface area contributed by atoms with Crippen LogP contribution in [0, 0.1) is 18.7 Å². The molecule has 14 heavy (non-hydrogen) atoms. The zero-order valence-electron chi connectivity index (χ0n) is 8.46. The Morgan fingerprint density at radius 3 is 2.71 bits per heavy atom. The van der Waals surface area contributed by atoms with Gasteiger partial charge in [0.2, 0.25) is 0 Å². The second kappa shape index (κ2) is 3.70. The molecule has 1 saturated carbocycles. The Kier molecular flexibility index (Phi) is 2.55. The second-order valence-corrected chi connectivity index (χ2v) is 4.18. The molecule has 0 spiro atoms. The smallest absolute Gasteiger partial charge is 0.123 e. The molecule has 0 saturated heterocycles. The van der Waals surface area contributed by atoms with Crippen molar-refractivity contribution in [2.24, 2.45) is 11.7 Å². The summed E-state index contributed by atoms with van der Waals surface area (Å²) in [6.07, 6.45) is 2.42. The number of hydrogen-bond donors (Lipinski definition) is 1. The molecule has 0 aromatic heterocycles. The Balaban J connectivity index is 2.24. The second-order valence-electron chi connectivity index (χ2n) is 4.18. The fraction of sp³-hybridized carbons (Fsp3) is 0.500. The van der Waals surface area contributed by atoms with Crippen molar-refractivity contribution in [1.29, 1.82) is 0 Å². The van der Waals surface area contributed by atoms with Gasteiger partial charge in [-0.05, 0) is 61.4 Å². The highest BCUT2D eigenvalue weighted by Gasteiger charge is 2.31. The van der Waals surface area contributed by atoms with E-state index in [-0.39, 0.29) is 5.82 Å². The standard InChI is InChI=1S/C12H16FN/c1-8-6-10(13)3-5-11(8)12-4-2-9(12)7-14/h3,5-6,9,12H,2,4,7,14H2,1H3. The monoisotopic (exact) mass is 193 g/mol. The van der Waals surface area contributed by atoms with Crippen molar-refractivity contribution in [3.63, 3.8) is 0 Å². The molecule has 0 amide bonds. The maximum Gasteiger partial charge on any atom is 0.123 e. The van der Waals surface area contributed by atoms with Gasteiger partial charge in [-0.2, -0.15) is 0 Å². The zero-order chi connectivity index (χ0) is 10.1. The van der Waals surface area contributed by atoms with Crippen LogP contribution in [0.5, 0.6) is 0 Å². The van der Waals surface area contributed by atoms with Crippen LogP contribution in [0.4, 0.5) is 4.39 Å². The SMILES string of the molecule is Cc1cc(F)ccc1C1CCC1CN. The molecule has 76 valence electrons. The van der Waals surface area contributed by atoms with Crippen molar-refractivity contribution in [3.05, 3.63) is 35.1 Å². The molecule has 1 aromatic rings.